The Morgan fingerprint density at radius 3 is 2.59 bits per heavy atom. The number of hydrogen-bond acceptors (Lipinski definition) is 4. The van der Waals surface area contributed by atoms with E-state index in [9.17, 15) is 23.3 Å². The van der Waals surface area contributed by atoms with Crippen LogP contribution in [-0.2, 0) is 5.33 Å². The third-order valence-corrected chi connectivity index (χ3v) is 2.68. The van der Waals surface area contributed by atoms with Gasteiger partial charge in [-0.05, 0) is 9.91 Å². The lowest BCUT2D eigenvalue weighted by Crippen LogP contribution is -2.18. The first-order valence-corrected chi connectivity index (χ1v) is 6.10. The molecular formula is C7H3BrF3IN2O3. The highest BCUT2D eigenvalue weighted by molar-refractivity contribution is 14.1. The summed E-state index contributed by atoms with van der Waals surface area (Å²) < 4.78 is 40.0. The Bertz CT molecular complexity index is 455. The Kier molecular flexibility index (Phi) is 4.52. The van der Waals surface area contributed by atoms with Crippen molar-refractivity contribution in [2.75, 3.05) is 0 Å². The molecule has 0 saturated heterocycles. The van der Waals surface area contributed by atoms with E-state index >= 15 is 0 Å². The number of nitrogens with zero attached hydrogens (tertiary/aromatic N) is 2. The maximum absolute atomic E-state index is 12.1. The fraction of sp³-hybridized carbons (Fsp3) is 0.286. The summed E-state index contributed by atoms with van der Waals surface area (Å²) in [6.45, 7) is 0. The molecule has 0 radical (unpaired) electrons. The van der Waals surface area contributed by atoms with E-state index in [1.54, 1.807) is 22.6 Å². The van der Waals surface area contributed by atoms with Gasteiger partial charge in [-0.15, -0.1) is 13.2 Å². The van der Waals surface area contributed by atoms with Gasteiger partial charge in [-0.2, -0.15) is 0 Å². The number of aromatic nitrogens is 1. The third kappa shape index (κ3) is 3.94. The van der Waals surface area contributed by atoms with Crippen molar-refractivity contribution in [1.29, 1.82) is 0 Å². The molecule has 94 valence electrons. The van der Waals surface area contributed by atoms with Crippen molar-refractivity contribution in [1.82, 2.24) is 4.98 Å². The number of alkyl halides is 4. The maximum Gasteiger partial charge on any atom is 0.573 e. The molecular weight excluding hydrogens is 424 g/mol. The van der Waals surface area contributed by atoms with Crippen LogP contribution in [0.3, 0.4) is 0 Å². The summed E-state index contributed by atoms with van der Waals surface area (Å²) in [7, 11) is 0. The third-order valence-electron chi connectivity index (χ3n) is 1.56. The van der Waals surface area contributed by atoms with Gasteiger partial charge in [0.2, 0.25) is 3.70 Å². The number of halogens is 5. The first kappa shape index (κ1) is 14.4. The lowest BCUT2D eigenvalue weighted by Gasteiger charge is -2.11. The fourth-order valence-corrected chi connectivity index (χ4v) is 2.04. The van der Waals surface area contributed by atoms with Crippen molar-refractivity contribution in [2.24, 2.45) is 0 Å². The first-order chi connectivity index (χ1) is 7.74. The number of nitro groups is 1. The lowest BCUT2D eigenvalue weighted by molar-refractivity contribution is -0.390. The SMILES string of the molecule is O=[N+]([O-])c1nc(I)cc(OC(F)(F)F)c1CBr. The number of pyridine rings is 1. The molecule has 5 nitrogen and oxygen atoms in total. The molecule has 0 spiro atoms. The molecule has 10 heteroatoms. The maximum atomic E-state index is 12.1. The summed E-state index contributed by atoms with van der Waals surface area (Å²) in [4.78, 5) is 13.3. The second-order valence-corrected chi connectivity index (χ2v) is 4.35. The Hall–Kier alpha value is -0.650. The van der Waals surface area contributed by atoms with Gasteiger partial charge in [0.05, 0.1) is 0 Å². The van der Waals surface area contributed by atoms with Gasteiger partial charge >= 0.3 is 12.2 Å². The van der Waals surface area contributed by atoms with E-state index in [2.05, 4.69) is 25.7 Å². The molecule has 1 heterocycles. The largest absolute Gasteiger partial charge is 0.573 e. The Morgan fingerprint density at radius 1 is 1.59 bits per heavy atom. The highest BCUT2D eigenvalue weighted by atomic mass is 127. The summed E-state index contributed by atoms with van der Waals surface area (Å²) >= 11 is 4.44. The van der Waals surface area contributed by atoms with Gasteiger partial charge < -0.3 is 14.9 Å². The van der Waals surface area contributed by atoms with E-state index in [0.717, 1.165) is 6.07 Å². The van der Waals surface area contributed by atoms with Crippen LogP contribution >= 0.6 is 38.5 Å². The molecule has 0 N–H and O–H groups in total. The van der Waals surface area contributed by atoms with Crippen LogP contribution in [0.25, 0.3) is 0 Å². The number of rotatable bonds is 3. The van der Waals surface area contributed by atoms with E-state index in [1.165, 1.54) is 0 Å². The summed E-state index contributed by atoms with van der Waals surface area (Å²) in [6, 6.07) is 0.984. The van der Waals surface area contributed by atoms with Crippen molar-refractivity contribution < 1.29 is 22.8 Å². The zero-order valence-corrected chi connectivity index (χ0v) is 11.5. The second kappa shape index (κ2) is 5.33. The van der Waals surface area contributed by atoms with Crippen molar-refractivity contribution in [3.05, 3.63) is 25.4 Å². The molecule has 1 aromatic heterocycles. The lowest BCUT2D eigenvalue weighted by atomic mass is 10.2. The molecule has 0 aliphatic rings. The minimum Gasteiger partial charge on any atom is -0.405 e. The van der Waals surface area contributed by atoms with Crippen molar-refractivity contribution in [2.45, 2.75) is 11.7 Å². The fourth-order valence-electron chi connectivity index (χ4n) is 0.999. The predicted octanol–water partition coefficient (Wildman–Crippen LogP) is 3.39. The van der Waals surface area contributed by atoms with Gasteiger partial charge in [0.25, 0.3) is 0 Å². The Labute approximate surface area is 115 Å². The molecule has 0 bridgehead atoms. The van der Waals surface area contributed by atoms with E-state index in [0.29, 0.717) is 0 Å². The summed E-state index contributed by atoms with van der Waals surface area (Å²) in [5, 5.41) is 10.5. The molecule has 0 aromatic carbocycles. The topological polar surface area (TPSA) is 65.3 Å². The number of ether oxygens (including phenoxy) is 1. The molecule has 0 aliphatic carbocycles. The standard InChI is InChI=1S/C7H3BrF3IN2O3/c8-2-3-4(17-7(9,10)11)1-5(12)13-6(3)14(15)16/h1H,2H2. The van der Waals surface area contributed by atoms with Crippen LogP contribution in [0.1, 0.15) is 5.56 Å². The van der Waals surface area contributed by atoms with E-state index in [1.807, 2.05) is 0 Å². The predicted molar refractivity (Wildman–Crippen MR) is 62.9 cm³/mol. The minimum absolute atomic E-state index is 0.0400. The molecule has 0 aliphatic heterocycles. The molecule has 0 atom stereocenters. The molecule has 0 saturated carbocycles. The van der Waals surface area contributed by atoms with Crippen LogP contribution in [0.2, 0.25) is 0 Å². The Morgan fingerprint density at radius 2 is 2.18 bits per heavy atom. The average molecular weight is 427 g/mol. The minimum atomic E-state index is -4.91. The molecule has 0 unspecified atom stereocenters. The molecule has 0 fully saturated rings. The van der Waals surface area contributed by atoms with Gasteiger partial charge in [0, 0.05) is 34.0 Å². The van der Waals surface area contributed by atoms with E-state index in [-0.39, 0.29) is 14.6 Å². The molecule has 1 aromatic rings. The Balaban J connectivity index is 3.33. The molecule has 0 amide bonds. The molecule has 17 heavy (non-hydrogen) atoms. The first-order valence-electron chi connectivity index (χ1n) is 3.90. The zero-order valence-electron chi connectivity index (χ0n) is 7.79. The zero-order chi connectivity index (χ0) is 13.2. The van der Waals surface area contributed by atoms with Gasteiger partial charge in [-0.1, -0.05) is 15.9 Å². The van der Waals surface area contributed by atoms with Crippen LogP contribution in [0.4, 0.5) is 19.0 Å². The van der Waals surface area contributed by atoms with Crippen molar-refractivity contribution in [3.8, 4) is 5.75 Å². The summed E-state index contributed by atoms with van der Waals surface area (Å²) in [5.41, 5.74) is -0.257. The van der Waals surface area contributed by atoms with Crippen LogP contribution in [-0.4, -0.2) is 16.3 Å². The van der Waals surface area contributed by atoms with Crippen LogP contribution in [0.15, 0.2) is 6.07 Å². The number of hydrogen-bond donors (Lipinski definition) is 0. The van der Waals surface area contributed by atoms with E-state index < -0.39 is 22.9 Å². The van der Waals surface area contributed by atoms with Crippen LogP contribution in [0, 0.1) is 13.8 Å². The van der Waals surface area contributed by atoms with Crippen molar-refractivity contribution in [3.63, 3.8) is 0 Å². The quantitative estimate of drug-likeness (QED) is 0.244. The van der Waals surface area contributed by atoms with Crippen LogP contribution < -0.4 is 4.74 Å². The van der Waals surface area contributed by atoms with Gasteiger partial charge in [-0.3, -0.25) is 0 Å². The van der Waals surface area contributed by atoms with Gasteiger partial charge in [0.1, 0.15) is 11.3 Å². The van der Waals surface area contributed by atoms with Crippen molar-refractivity contribution >= 4 is 44.3 Å². The van der Waals surface area contributed by atoms with E-state index in [4.69, 9.17) is 0 Å². The average Bonchev–Trinajstić information content (AvgIpc) is 2.14. The smallest absolute Gasteiger partial charge is 0.405 e. The monoisotopic (exact) mass is 426 g/mol. The van der Waals surface area contributed by atoms with Crippen LogP contribution in [0.5, 0.6) is 5.75 Å². The highest BCUT2D eigenvalue weighted by Gasteiger charge is 2.34. The highest BCUT2D eigenvalue weighted by Crippen LogP contribution is 2.33. The second-order valence-electron chi connectivity index (χ2n) is 2.68. The summed E-state index contributed by atoms with van der Waals surface area (Å²) in [6.07, 6.45) is -4.91. The normalized spacial score (nSPS) is 11.4. The summed E-state index contributed by atoms with van der Waals surface area (Å²) in [5.74, 6) is -1.28. The van der Waals surface area contributed by atoms with Gasteiger partial charge in [-0.25, -0.2) is 0 Å². The molecule has 1 rings (SSSR count). The van der Waals surface area contributed by atoms with Gasteiger partial charge in [0.15, 0.2) is 0 Å².